The quantitative estimate of drug-likeness (QED) is 0.579. The minimum Gasteiger partial charge on any atom is -0.331 e. The van der Waals surface area contributed by atoms with E-state index in [4.69, 9.17) is 23.8 Å². The van der Waals surface area contributed by atoms with Gasteiger partial charge in [0.05, 0.1) is 16.4 Å². The molecule has 0 spiro atoms. The summed E-state index contributed by atoms with van der Waals surface area (Å²) in [7, 11) is 0. The number of benzene rings is 2. The second kappa shape index (κ2) is 6.85. The van der Waals surface area contributed by atoms with Gasteiger partial charge >= 0.3 is 0 Å². The third kappa shape index (κ3) is 3.91. The summed E-state index contributed by atoms with van der Waals surface area (Å²) >= 11 is 17.7. The van der Waals surface area contributed by atoms with Gasteiger partial charge in [0.25, 0.3) is 0 Å². The van der Waals surface area contributed by atoms with Gasteiger partial charge in [0.1, 0.15) is 5.82 Å². The maximum absolute atomic E-state index is 13.9. The molecule has 0 saturated heterocycles. The van der Waals surface area contributed by atoms with Crippen molar-refractivity contribution in [1.82, 2.24) is 0 Å². The van der Waals surface area contributed by atoms with Crippen molar-refractivity contribution in [3.8, 4) is 0 Å². The molecule has 0 aliphatic rings. The molecule has 0 amide bonds. The van der Waals surface area contributed by atoms with Crippen LogP contribution >= 0.6 is 55.7 Å². The highest BCUT2D eigenvalue weighted by Crippen LogP contribution is 2.30. The van der Waals surface area contributed by atoms with Gasteiger partial charge in [0.2, 0.25) is 0 Å². The number of thiocarbonyl (C=S) groups is 1. The third-order valence-corrected chi connectivity index (χ3v) is 3.98. The summed E-state index contributed by atoms with van der Waals surface area (Å²) in [5.41, 5.74) is 0.915. The van der Waals surface area contributed by atoms with Gasteiger partial charge in [-0.05, 0) is 52.4 Å². The zero-order chi connectivity index (χ0) is 14.7. The molecule has 7 heteroatoms. The summed E-state index contributed by atoms with van der Waals surface area (Å²) in [5, 5.41) is 6.50. The van der Waals surface area contributed by atoms with Gasteiger partial charge in [0.15, 0.2) is 5.11 Å². The van der Waals surface area contributed by atoms with E-state index >= 15 is 0 Å². The Bertz CT molecular complexity index is 644. The van der Waals surface area contributed by atoms with Crippen LogP contribution in [0.4, 0.5) is 15.8 Å². The Hall–Kier alpha value is -0.690. The molecule has 20 heavy (non-hydrogen) atoms. The van der Waals surface area contributed by atoms with Gasteiger partial charge in [-0.1, -0.05) is 39.7 Å². The predicted octanol–water partition coefficient (Wildman–Crippen LogP) is 5.81. The van der Waals surface area contributed by atoms with E-state index in [0.29, 0.717) is 19.7 Å². The number of halogens is 4. The van der Waals surface area contributed by atoms with Gasteiger partial charge in [-0.2, -0.15) is 0 Å². The van der Waals surface area contributed by atoms with Gasteiger partial charge < -0.3 is 10.6 Å². The molecule has 0 aliphatic carbocycles. The van der Waals surface area contributed by atoms with Crippen LogP contribution < -0.4 is 10.6 Å². The Kier molecular flexibility index (Phi) is 5.37. The topological polar surface area (TPSA) is 24.1 Å². The number of anilines is 2. The average Bonchev–Trinajstić information content (AvgIpc) is 2.36. The first kappa shape index (κ1) is 15.7. The second-order valence-electron chi connectivity index (χ2n) is 3.80. The molecule has 0 aliphatic heterocycles. The molecule has 0 fully saturated rings. The molecule has 0 aromatic heterocycles. The van der Waals surface area contributed by atoms with E-state index < -0.39 is 5.82 Å². The Morgan fingerprint density at radius 1 is 1.15 bits per heavy atom. The number of hydrogen-bond donors (Lipinski definition) is 2. The van der Waals surface area contributed by atoms with Crippen molar-refractivity contribution in [1.29, 1.82) is 0 Å². The van der Waals surface area contributed by atoms with E-state index in [1.807, 2.05) is 12.1 Å². The van der Waals surface area contributed by atoms with Crippen LogP contribution in [0.25, 0.3) is 0 Å². The van der Waals surface area contributed by atoms with Gasteiger partial charge in [-0.25, -0.2) is 4.39 Å². The van der Waals surface area contributed by atoms with E-state index in [1.165, 1.54) is 6.07 Å². The summed E-state index contributed by atoms with van der Waals surface area (Å²) in [6.07, 6.45) is 0. The highest BCUT2D eigenvalue weighted by Gasteiger charge is 2.10. The summed E-state index contributed by atoms with van der Waals surface area (Å²) < 4.78 is 15.1. The zero-order valence-corrected chi connectivity index (χ0v) is 14.6. The first-order chi connectivity index (χ1) is 9.47. The molecular formula is C13H8Br2ClFN2S. The first-order valence-electron chi connectivity index (χ1n) is 5.44. The van der Waals surface area contributed by atoms with E-state index in [0.717, 1.165) is 0 Å². The normalized spacial score (nSPS) is 10.2. The standard InChI is InChI=1S/C13H8Br2ClFN2S/c14-7-5-8(15)12(10(17)6-7)19-13(20)18-11-4-2-1-3-9(11)16/h1-6H,(H2,18,19,20). The minimum atomic E-state index is -0.422. The van der Waals surface area contributed by atoms with Crippen LogP contribution in [0, 0.1) is 5.82 Å². The smallest absolute Gasteiger partial charge is 0.175 e. The molecule has 104 valence electrons. The number of nitrogens with one attached hydrogen (secondary N) is 2. The van der Waals surface area contributed by atoms with E-state index in [9.17, 15) is 4.39 Å². The third-order valence-electron chi connectivity index (χ3n) is 2.37. The highest BCUT2D eigenvalue weighted by atomic mass is 79.9. The van der Waals surface area contributed by atoms with E-state index in [1.54, 1.807) is 18.2 Å². The lowest BCUT2D eigenvalue weighted by Gasteiger charge is -2.13. The lowest BCUT2D eigenvalue weighted by Crippen LogP contribution is -2.20. The lowest BCUT2D eigenvalue weighted by atomic mass is 10.3. The van der Waals surface area contributed by atoms with Crippen molar-refractivity contribution >= 4 is 72.2 Å². The van der Waals surface area contributed by atoms with Crippen molar-refractivity contribution in [2.24, 2.45) is 0 Å². The van der Waals surface area contributed by atoms with Gasteiger partial charge in [0, 0.05) is 8.95 Å². The molecule has 2 aromatic rings. The molecule has 0 radical (unpaired) electrons. The van der Waals surface area contributed by atoms with Crippen LogP contribution in [0.5, 0.6) is 0 Å². The largest absolute Gasteiger partial charge is 0.331 e. The highest BCUT2D eigenvalue weighted by molar-refractivity contribution is 9.11. The van der Waals surface area contributed by atoms with Gasteiger partial charge in [-0.15, -0.1) is 0 Å². The number of rotatable bonds is 2. The van der Waals surface area contributed by atoms with Crippen molar-refractivity contribution in [3.63, 3.8) is 0 Å². The molecule has 2 rings (SSSR count). The van der Waals surface area contributed by atoms with Crippen LogP contribution in [-0.4, -0.2) is 5.11 Å². The van der Waals surface area contributed by atoms with Crippen LogP contribution in [0.3, 0.4) is 0 Å². The van der Waals surface area contributed by atoms with Crippen molar-refractivity contribution in [3.05, 3.63) is 56.2 Å². The predicted molar refractivity (Wildman–Crippen MR) is 93.1 cm³/mol. The molecule has 2 nitrogen and oxygen atoms in total. The van der Waals surface area contributed by atoms with E-state index in [-0.39, 0.29) is 10.8 Å². The van der Waals surface area contributed by atoms with Crippen LogP contribution in [-0.2, 0) is 0 Å². The lowest BCUT2D eigenvalue weighted by molar-refractivity contribution is 0.630. The van der Waals surface area contributed by atoms with Crippen LogP contribution in [0.15, 0.2) is 45.3 Å². The fourth-order valence-electron chi connectivity index (χ4n) is 1.49. The molecule has 2 aromatic carbocycles. The van der Waals surface area contributed by atoms with Crippen molar-refractivity contribution in [2.75, 3.05) is 10.6 Å². The molecule has 0 heterocycles. The van der Waals surface area contributed by atoms with Gasteiger partial charge in [-0.3, -0.25) is 0 Å². The van der Waals surface area contributed by atoms with Crippen LogP contribution in [0.1, 0.15) is 0 Å². The summed E-state index contributed by atoms with van der Waals surface area (Å²) in [6, 6.07) is 10.2. The fraction of sp³-hybridized carbons (Fsp3) is 0. The minimum absolute atomic E-state index is 0.250. The summed E-state index contributed by atoms with van der Waals surface area (Å²) in [4.78, 5) is 0. The fourth-order valence-corrected chi connectivity index (χ4v) is 3.16. The molecule has 2 N–H and O–H groups in total. The van der Waals surface area contributed by atoms with Crippen LogP contribution in [0.2, 0.25) is 5.02 Å². The number of hydrogen-bond acceptors (Lipinski definition) is 1. The van der Waals surface area contributed by atoms with Crippen molar-refractivity contribution < 1.29 is 4.39 Å². The Morgan fingerprint density at radius 3 is 2.50 bits per heavy atom. The van der Waals surface area contributed by atoms with Crippen molar-refractivity contribution in [2.45, 2.75) is 0 Å². The van der Waals surface area contributed by atoms with E-state index in [2.05, 4.69) is 42.5 Å². The number of para-hydroxylation sites is 1. The Morgan fingerprint density at radius 2 is 1.85 bits per heavy atom. The monoisotopic (exact) mass is 436 g/mol. The molecule has 0 bridgehead atoms. The maximum Gasteiger partial charge on any atom is 0.175 e. The summed E-state index contributed by atoms with van der Waals surface area (Å²) in [5.74, 6) is -0.422. The Balaban J connectivity index is 2.15. The SMILES string of the molecule is Fc1cc(Br)cc(Br)c1NC(=S)Nc1ccccc1Cl. The maximum atomic E-state index is 13.9. The molecular weight excluding hydrogens is 430 g/mol. The average molecular weight is 439 g/mol. The first-order valence-corrected chi connectivity index (χ1v) is 7.81. The molecule has 0 saturated carbocycles. The molecule has 0 unspecified atom stereocenters. The Labute approximate surface area is 143 Å². The summed E-state index contributed by atoms with van der Waals surface area (Å²) in [6.45, 7) is 0. The zero-order valence-electron chi connectivity index (χ0n) is 9.88. The second-order valence-corrected chi connectivity index (χ2v) is 6.39. The molecule has 0 atom stereocenters.